The van der Waals surface area contributed by atoms with E-state index in [-0.39, 0.29) is 5.95 Å². The number of benzene rings is 1. The monoisotopic (exact) mass is 381 g/mol. The van der Waals surface area contributed by atoms with Crippen LogP contribution < -0.4 is 5.73 Å². The number of halogens is 3. The fraction of sp³-hybridized carbons (Fsp3) is 0.100. The summed E-state index contributed by atoms with van der Waals surface area (Å²) in [7, 11) is 0. The lowest BCUT2D eigenvalue weighted by molar-refractivity contribution is -0.137. The number of allylic oxidation sites excluding steroid dienone is 1. The van der Waals surface area contributed by atoms with E-state index in [0.717, 1.165) is 23.4 Å². The fourth-order valence-electron chi connectivity index (χ4n) is 3.04. The van der Waals surface area contributed by atoms with Crippen molar-refractivity contribution in [2.24, 2.45) is 4.99 Å². The van der Waals surface area contributed by atoms with Crippen molar-refractivity contribution in [2.45, 2.75) is 12.6 Å². The van der Waals surface area contributed by atoms with E-state index in [4.69, 9.17) is 5.73 Å². The lowest BCUT2D eigenvalue weighted by Crippen LogP contribution is -2.05. The highest BCUT2D eigenvalue weighted by atomic mass is 19.4. The Hall–Kier alpha value is -3.55. The average Bonchev–Trinajstić information content (AvgIpc) is 3.14. The molecule has 2 N–H and O–H groups in total. The van der Waals surface area contributed by atoms with E-state index >= 15 is 0 Å². The third-order valence-corrected chi connectivity index (χ3v) is 4.35. The Morgan fingerprint density at radius 3 is 2.43 bits per heavy atom. The van der Waals surface area contributed by atoms with Crippen molar-refractivity contribution in [1.82, 2.24) is 15.0 Å². The van der Waals surface area contributed by atoms with Crippen molar-refractivity contribution >= 4 is 22.9 Å². The Morgan fingerprint density at radius 2 is 1.71 bits per heavy atom. The van der Waals surface area contributed by atoms with E-state index in [1.54, 1.807) is 36.7 Å². The Morgan fingerprint density at radius 1 is 0.929 bits per heavy atom. The minimum absolute atomic E-state index is 0.0703. The summed E-state index contributed by atoms with van der Waals surface area (Å²) in [6.07, 6.45) is 0.716. The Bertz CT molecular complexity index is 1090. The zero-order valence-corrected chi connectivity index (χ0v) is 14.5. The molecule has 3 aromatic rings. The second-order valence-electron chi connectivity index (χ2n) is 6.18. The predicted molar refractivity (Wildman–Crippen MR) is 100 cm³/mol. The van der Waals surface area contributed by atoms with Crippen LogP contribution in [0.3, 0.4) is 0 Å². The quantitative estimate of drug-likeness (QED) is 0.736. The van der Waals surface area contributed by atoms with Gasteiger partial charge in [-0.2, -0.15) is 13.2 Å². The number of alkyl halides is 3. The van der Waals surface area contributed by atoms with Crippen molar-refractivity contribution < 1.29 is 13.2 Å². The van der Waals surface area contributed by atoms with Crippen molar-refractivity contribution in [2.75, 3.05) is 5.73 Å². The van der Waals surface area contributed by atoms with Gasteiger partial charge >= 0.3 is 6.18 Å². The molecule has 1 aliphatic rings. The van der Waals surface area contributed by atoms with Gasteiger partial charge in [-0.25, -0.2) is 15.0 Å². The average molecular weight is 381 g/mol. The molecule has 0 fully saturated rings. The predicted octanol–water partition coefficient (Wildman–Crippen LogP) is 4.23. The summed E-state index contributed by atoms with van der Waals surface area (Å²) >= 11 is 0. The van der Waals surface area contributed by atoms with Crippen molar-refractivity contribution in [1.29, 1.82) is 0 Å². The molecular formula is C20H14F3N5. The standard InChI is InChI=1S/C20H14F3N5/c21-20(22,23)14-3-1-2-13(10-14)15-11-17(12-4-7-25-8-5-12)27-18(15)16-6-9-26-19(24)28-16/h1-10H,11H2,(H2,24,26,28). The number of nitrogens with zero attached hydrogens (tertiary/aromatic N) is 4. The van der Waals surface area contributed by atoms with E-state index in [2.05, 4.69) is 19.9 Å². The number of hydrogen-bond donors (Lipinski definition) is 1. The molecule has 140 valence electrons. The van der Waals surface area contributed by atoms with E-state index in [9.17, 15) is 13.2 Å². The maximum absolute atomic E-state index is 13.2. The third kappa shape index (κ3) is 3.48. The number of aliphatic imine (C=N–C) groups is 1. The molecule has 8 heteroatoms. The van der Waals surface area contributed by atoms with Crippen LogP contribution >= 0.6 is 0 Å². The number of nitrogens with two attached hydrogens (primary N) is 1. The van der Waals surface area contributed by atoms with Gasteiger partial charge in [0.15, 0.2) is 0 Å². The van der Waals surface area contributed by atoms with Crippen LogP contribution in [0.25, 0.3) is 11.3 Å². The van der Waals surface area contributed by atoms with Gasteiger partial charge in [0, 0.05) is 25.0 Å². The van der Waals surface area contributed by atoms with Gasteiger partial charge in [-0.1, -0.05) is 12.1 Å². The highest BCUT2D eigenvalue weighted by Crippen LogP contribution is 2.38. The number of nitrogen functional groups attached to an aromatic ring is 1. The molecule has 0 amide bonds. The van der Waals surface area contributed by atoms with Crippen LogP contribution in [-0.2, 0) is 6.18 Å². The molecular weight excluding hydrogens is 367 g/mol. The molecule has 1 aromatic carbocycles. The van der Waals surface area contributed by atoms with E-state index in [0.29, 0.717) is 28.9 Å². The second kappa shape index (κ2) is 6.88. The van der Waals surface area contributed by atoms with Gasteiger partial charge in [-0.3, -0.25) is 4.98 Å². The van der Waals surface area contributed by atoms with Gasteiger partial charge in [-0.15, -0.1) is 0 Å². The minimum atomic E-state index is -4.43. The summed E-state index contributed by atoms with van der Waals surface area (Å²) in [6.45, 7) is 0. The summed E-state index contributed by atoms with van der Waals surface area (Å²) < 4.78 is 39.5. The van der Waals surface area contributed by atoms with E-state index < -0.39 is 11.7 Å². The minimum Gasteiger partial charge on any atom is -0.368 e. The summed E-state index contributed by atoms with van der Waals surface area (Å²) in [6, 6.07) is 10.5. The Labute approximate surface area is 158 Å². The smallest absolute Gasteiger partial charge is 0.368 e. The zero-order valence-electron chi connectivity index (χ0n) is 14.5. The molecule has 5 nitrogen and oxygen atoms in total. The van der Waals surface area contributed by atoms with Crippen molar-refractivity contribution in [3.8, 4) is 0 Å². The third-order valence-electron chi connectivity index (χ3n) is 4.35. The van der Waals surface area contributed by atoms with Crippen LogP contribution in [-0.4, -0.2) is 20.7 Å². The van der Waals surface area contributed by atoms with Crippen LogP contribution in [0.15, 0.2) is 66.0 Å². The highest BCUT2D eigenvalue weighted by molar-refractivity contribution is 6.16. The molecule has 1 aliphatic heterocycles. The number of hydrogen-bond acceptors (Lipinski definition) is 5. The van der Waals surface area contributed by atoms with Gasteiger partial charge in [-0.05, 0) is 47.0 Å². The molecule has 0 radical (unpaired) electrons. The van der Waals surface area contributed by atoms with Crippen LogP contribution in [0, 0.1) is 0 Å². The Kier molecular flexibility index (Phi) is 4.38. The van der Waals surface area contributed by atoms with Gasteiger partial charge < -0.3 is 5.73 Å². The normalized spacial score (nSPS) is 14.3. The number of pyridine rings is 1. The van der Waals surface area contributed by atoms with Crippen molar-refractivity contribution in [3.63, 3.8) is 0 Å². The molecule has 0 saturated carbocycles. The lowest BCUT2D eigenvalue weighted by atomic mass is 9.96. The molecule has 0 bridgehead atoms. The summed E-state index contributed by atoms with van der Waals surface area (Å²) in [5, 5.41) is 0. The molecule has 28 heavy (non-hydrogen) atoms. The molecule has 4 rings (SSSR count). The molecule has 0 saturated heterocycles. The van der Waals surface area contributed by atoms with E-state index in [1.807, 2.05) is 0 Å². The topological polar surface area (TPSA) is 77.0 Å². The van der Waals surface area contributed by atoms with Gasteiger partial charge in [0.05, 0.1) is 22.7 Å². The second-order valence-corrected chi connectivity index (χ2v) is 6.18. The first-order valence-corrected chi connectivity index (χ1v) is 8.39. The molecule has 0 aliphatic carbocycles. The maximum atomic E-state index is 13.2. The SMILES string of the molecule is Nc1nccc(C2=C(c3cccc(C(F)(F)F)c3)CC(c3ccncc3)=N2)n1. The maximum Gasteiger partial charge on any atom is 0.416 e. The summed E-state index contributed by atoms with van der Waals surface area (Å²) in [5.41, 5.74) is 8.58. The first-order valence-electron chi connectivity index (χ1n) is 8.39. The largest absolute Gasteiger partial charge is 0.416 e. The first kappa shape index (κ1) is 17.8. The number of aromatic nitrogens is 3. The fourth-order valence-corrected chi connectivity index (χ4v) is 3.04. The van der Waals surface area contributed by atoms with Crippen LogP contribution in [0.1, 0.15) is 28.8 Å². The molecule has 0 atom stereocenters. The Balaban J connectivity index is 1.84. The van der Waals surface area contributed by atoms with Gasteiger partial charge in [0.2, 0.25) is 5.95 Å². The van der Waals surface area contributed by atoms with Crippen molar-refractivity contribution in [3.05, 3.63) is 83.4 Å². The number of rotatable bonds is 3. The van der Waals surface area contributed by atoms with Crippen LogP contribution in [0.5, 0.6) is 0 Å². The van der Waals surface area contributed by atoms with Crippen LogP contribution in [0.2, 0.25) is 0 Å². The molecule has 2 aromatic heterocycles. The molecule has 0 spiro atoms. The molecule has 0 unspecified atom stereocenters. The first-order chi connectivity index (χ1) is 13.4. The highest BCUT2D eigenvalue weighted by Gasteiger charge is 2.31. The summed E-state index contributed by atoms with van der Waals surface area (Å²) in [4.78, 5) is 16.7. The van der Waals surface area contributed by atoms with Gasteiger partial charge in [0.25, 0.3) is 0 Å². The van der Waals surface area contributed by atoms with Gasteiger partial charge in [0.1, 0.15) is 0 Å². The van der Waals surface area contributed by atoms with E-state index in [1.165, 1.54) is 12.3 Å². The van der Waals surface area contributed by atoms with Crippen LogP contribution in [0.4, 0.5) is 19.1 Å². The summed E-state index contributed by atoms with van der Waals surface area (Å²) in [5.74, 6) is 0.0703. The lowest BCUT2D eigenvalue weighted by Gasteiger charge is -2.11. The molecule has 3 heterocycles. The number of anilines is 1. The zero-order chi connectivity index (χ0) is 19.7.